The van der Waals surface area contributed by atoms with Crippen molar-refractivity contribution in [1.29, 1.82) is 0 Å². The van der Waals surface area contributed by atoms with Crippen molar-refractivity contribution in [3.63, 3.8) is 0 Å². The van der Waals surface area contributed by atoms with Gasteiger partial charge in [-0.15, -0.1) is 24.0 Å². The van der Waals surface area contributed by atoms with Crippen LogP contribution in [-0.4, -0.2) is 63.2 Å². The summed E-state index contributed by atoms with van der Waals surface area (Å²) in [5.74, 6) is 1.43. The molecule has 2 heterocycles. The fourth-order valence-corrected chi connectivity index (χ4v) is 4.74. The van der Waals surface area contributed by atoms with Gasteiger partial charge in [0.05, 0.1) is 12.7 Å². The second-order valence-electron chi connectivity index (χ2n) is 8.24. The number of aliphatic hydroxyl groups is 1. The summed E-state index contributed by atoms with van der Waals surface area (Å²) in [5, 5.41) is 16.5. The quantitative estimate of drug-likeness (QED) is 0.327. The Kier molecular flexibility index (Phi) is 7.38. The van der Waals surface area contributed by atoms with Crippen LogP contribution in [0.25, 0.3) is 0 Å². The van der Waals surface area contributed by atoms with Crippen molar-refractivity contribution in [3.8, 4) is 0 Å². The Morgan fingerprint density at radius 2 is 2.12 bits per heavy atom. The number of aliphatic hydroxyl groups excluding tert-OH is 1. The number of guanidine groups is 1. The zero-order valence-corrected chi connectivity index (χ0v) is 18.0. The van der Waals surface area contributed by atoms with E-state index >= 15 is 0 Å². The minimum Gasteiger partial charge on any atom is -0.396 e. The van der Waals surface area contributed by atoms with E-state index in [-0.39, 0.29) is 41.4 Å². The predicted octanol–water partition coefficient (Wildman–Crippen LogP) is 1.76. The molecular formula is C18H34IN3O3. The smallest absolute Gasteiger partial charge is 0.191 e. The van der Waals surface area contributed by atoms with Gasteiger partial charge in [-0.2, -0.15) is 0 Å². The van der Waals surface area contributed by atoms with Gasteiger partial charge in [-0.3, -0.25) is 4.99 Å². The van der Waals surface area contributed by atoms with E-state index in [1.807, 2.05) is 7.05 Å². The molecule has 4 atom stereocenters. The van der Waals surface area contributed by atoms with Gasteiger partial charge in [0.15, 0.2) is 5.96 Å². The van der Waals surface area contributed by atoms with Crippen molar-refractivity contribution < 1.29 is 14.6 Å². The van der Waals surface area contributed by atoms with Crippen LogP contribution in [0.2, 0.25) is 0 Å². The number of halogens is 1. The molecule has 25 heavy (non-hydrogen) atoms. The lowest BCUT2D eigenvalue weighted by Crippen LogP contribution is -2.71. The van der Waals surface area contributed by atoms with E-state index in [2.05, 4.69) is 29.5 Å². The monoisotopic (exact) mass is 467 g/mol. The summed E-state index contributed by atoms with van der Waals surface area (Å²) in [4.78, 5) is 4.42. The highest BCUT2D eigenvalue weighted by atomic mass is 127. The lowest BCUT2D eigenvalue weighted by Gasteiger charge is -2.60. The van der Waals surface area contributed by atoms with E-state index in [0.29, 0.717) is 24.7 Å². The minimum absolute atomic E-state index is 0. The summed E-state index contributed by atoms with van der Waals surface area (Å²) < 4.78 is 11.6. The highest BCUT2D eigenvalue weighted by molar-refractivity contribution is 14.0. The Hall–Kier alpha value is -0.120. The first kappa shape index (κ1) is 21.2. The third-order valence-electron chi connectivity index (χ3n) is 6.30. The van der Waals surface area contributed by atoms with Crippen molar-refractivity contribution >= 4 is 29.9 Å². The molecule has 6 nitrogen and oxygen atoms in total. The van der Waals surface area contributed by atoms with Crippen LogP contribution in [-0.2, 0) is 9.47 Å². The van der Waals surface area contributed by atoms with E-state index in [9.17, 15) is 5.11 Å². The standard InChI is InChI=1S/C18H33N3O3.HI/c1-17(2)14(13-5-4-9-24-15(13)17)21-16(19-3)20-11-18(6-8-22)7-10-23-12-18;/h13-15,22H,4-12H2,1-3H3,(H2,19,20,21);1H. The van der Waals surface area contributed by atoms with Crippen molar-refractivity contribution in [1.82, 2.24) is 10.6 Å². The van der Waals surface area contributed by atoms with Crippen molar-refractivity contribution in [3.05, 3.63) is 0 Å². The normalized spacial score (nSPS) is 36.8. The molecule has 2 aliphatic heterocycles. The molecule has 0 radical (unpaired) electrons. The van der Waals surface area contributed by atoms with Crippen LogP contribution in [0.5, 0.6) is 0 Å². The zero-order chi connectivity index (χ0) is 17.2. The molecule has 0 amide bonds. The van der Waals surface area contributed by atoms with Crippen LogP contribution in [0, 0.1) is 16.7 Å². The highest BCUT2D eigenvalue weighted by Gasteiger charge is 2.58. The maximum Gasteiger partial charge on any atom is 0.191 e. The van der Waals surface area contributed by atoms with Crippen LogP contribution in [0.15, 0.2) is 4.99 Å². The molecule has 2 saturated heterocycles. The first-order valence-corrected chi connectivity index (χ1v) is 9.30. The van der Waals surface area contributed by atoms with E-state index in [1.165, 1.54) is 6.42 Å². The summed E-state index contributed by atoms with van der Waals surface area (Å²) in [7, 11) is 1.82. The van der Waals surface area contributed by atoms with Gasteiger partial charge in [-0.25, -0.2) is 0 Å². The summed E-state index contributed by atoms with van der Waals surface area (Å²) in [6.07, 6.45) is 4.50. The summed E-state index contributed by atoms with van der Waals surface area (Å²) in [6.45, 7) is 7.94. The molecule has 3 rings (SSSR count). The molecule has 0 aromatic heterocycles. The first-order valence-electron chi connectivity index (χ1n) is 9.30. The number of rotatable bonds is 5. The predicted molar refractivity (Wildman–Crippen MR) is 110 cm³/mol. The van der Waals surface area contributed by atoms with Gasteiger partial charge < -0.3 is 25.2 Å². The SMILES string of the molecule is CN=C(NCC1(CCO)CCOC1)NC1C2CCCOC2C1(C)C.I. The Bertz CT molecular complexity index is 466. The van der Waals surface area contributed by atoms with Crippen LogP contribution < -0.4 is 10.6 Å². The topological polar surface area (TPSA) is 75.1 Å². The number of nitrogens with zero attached hydrogens (tertiary/aromatic N) is 1. The third-order valence-corrected chi connectivity index (χ3v) is 6.30. The van der Waals surface area contributed by atoms with Crippen LogP contribution in [0.3, 0.4) is 0 Å². The van der Waals surface area contributed by atoms with Gasteiger partial charge in [0, 0.05) is 56.2 Å². The number of hydrogen-bond acceptors (Lipinski definition) is 4. The molecule has 0 bridgehead atoms. The molecule has 1 aliphatic carbocycles. The van der Waals surface area contributed by atoms with Crippen LogP contribution in [0.1, 0.15) is 39.5 Å². The maximum atomic E-state index is 9.36. The Morgan fingerprint density at radius 3 is 2.76 bits per heavy atom. The largest absolute Gasteiger partial charge is 0.396 e. The molecule has 0 aromatic rings. The molecule has 3 fully saturated rings. The molecule has 3 N–H and O–H groups in total. The number of nitrogens with one attached hydrogen (secondary N) is 2. The number of hydrogen-bond donors (Lipinski definition) is 3. The Morgan fingerprint density at radius 1 is 1.32 bits per heavy atom. The van der Waals surface area contributed by atoms with Gasteiger partial charge in [-0.1, -0.05) is 13.8 Å². The summed E-state index contributed by atoms with van der Waals surface area (Å²) in [5.41, 5.74) is 0.153. The molecule has 1 saturated carbocycles. The molecule has 3 aliphatic rings. The lowest BCUT2D eigenvalue weighted by atomic mass is 9.55. The third kappa shape index (κ3) is 4.25. The molecular weight excluding hydrogens is 433 g/mol. The number of fused-ring (bicyclic) bond motifs is 1. The molecule has 0 aromatic carbocycles. The van der Waals surface area contributed by atoms with Gasteiger partial charge in [0.2, 0.25) is 0 Å². The summed E-state index contributed by atoms with van der Waals surface area (Å²) in [6, 6.07) is 0.391. The second-order valence-corrected chi connectivity index (χ2v) is 8.24. The fourth-order valence-electron chi connectivity index (χ4n) is 4.74. The fraction of sp³-hybridized carbons (Fsp3) is 0.944. The zero-order valence-electron chi connectivity index (χ0n) is 15.7. The van der Waals surface area contributed by atoms with E-state index in [0.717, 1.165) is 45.0 Å². The Balaban J connectivity index is 0.00000225. The van der Waals surface area contributed by atoms with Gasteiger partial charge in [-0.05, 0) is 25.7 Å². The second kappa shape index (κ2) is 8.71. The van der Waals surface area contributed by atoms with Crippen LogP contribution in [0.4, 0.5) is 0 Å². The average molecular weight is 467 g/mol. The van der Waals surface area contributed by atoms with Crippen molar-refractivity contribution in [2.75, 3.05) is 40.0 Å². The Labute approximate surface area is 168 Å². The first-order chi connectivity index (χ1) is 11.5. The maximum absolute atomic E-state index is 9.36. The lowest BCUT2D eigenvalue weighted by molar-refractivity contribution is -0.188. The summed E-state index contributed by atoms with van der Waals surface area (Å²) >= 11 is 0. The minimum atomic E-state index is 0. The number of aliphatic imine (C=N–C) groups is 1. The van der Waals surface area contributed by atoms with Crippen molar-refractivity contribution in [2.45, 2.75) is 51.7 Å². The van der Waals surface area contributed by atoms with Crippen molar-refractivity contribution in [2.24, 2.45) is 21.7 Å². The molecule has 0 spiro atoms. The van der Waals surface area contributed by atoms with Gasteiger partial charge in [0.25, 0.3) is 0 Å². The van der Waals surface area contributed by atoms with E-state index in [1.54, 1.807) is 0 Å². The van der Waals surface area contributed by atoms with Gasteiger partial charge >= 0.3 is 0 Å². The van der Waals surface area contributed by atoms with Crippen LogP contribution >= 0.6 is 24.0 Å². The molecule has 4 unspecified atom stereocenters. The molecule has 7 heteroatoms. The molecule has 146 valence electrons. The highest BCUT2D eigenvalue weighted by Crippen LogP contribution is 2.51. The number of ether oxygens (including phenoxy) is 2. The van der Waals surface area contributed by atoms with E-state index in [4.69, 9.17) is 9.47 Å². The van der Waals surface area contributed by atoms with Gasteiger partial charge in [0.1, 0.15) is 0 Å². The average Bonchev–Trinajstić information content (AvgIpc) is 3.04. The van der Waals surface area contributed by atoms with E-state index < -0.39 is 0 Å².